The minimum atomic E-state index is -1.58. The Hall–Kier alpha value is 1.05. The van der Waals surface area contributed by atoms with E-state index in [0.29, 0.717) is 0 Å². The van der Waals surface area contributed by atoms with Gasteiger partial charge in [0.2, 0.25) is 0 Å². The van der Waals surface area contributed by atoms with Gasteiger partial charge >= 0.3 is 217 Å². The van der Waals surface area contributed by atoms with Crippen molar-refractivity contribution >= 4 is 12.0 Å². The minimum Gasteiger partial charge on any atom is -1.00 e. The molecule has 0 atom stereocenters. The summed E-state index contributed by atoms with van der Waals surface area (Å²) < 4.78 is 7.68. The van der Waals surface area contributed by atoms with Crippen LogP contribution in [0.5, 0.6) is 0 Å². The molecule has 6 heteroatoms. The maximum Gasteiger partial charge on any atom is -1.00 e. The van der Waals surface area contributed by atoms with E-state index in [1.165, 1.54) is 25.7 Å². The predicted octanol–water partition coefficient (Wildman–Crippen LogP) is 2.12. The smallest absolute Gasteiger partial charge is 1.00 e. The SMILES string of the molecule is CC1=[C]([Hf+]([C]2=C(C)C=CC2)[SiH](C)C)CC=C1.CC1=[C]([Hf+]([C]2=C(C)C=CC2)[SiH](C)C)CC=C1.[Br-].[Br-]. The third-order valence-corrected chi connectivity index (χ3v) is 63.7. The molecule has 0 spiro atoms. The van der Waals surface area contributed by atoms with Crippen LogP contribution in [-0.2, 0) is 41.2 Å². The summed E-state index contributed by atoms with van der Waals surface area (Å²) in [5, 5.41) is 0. The van der Waals surface area contributed by atoms with E-state index in [1.54, 1.807) is 22.3 Å². The number of allylic oxidation sites excluding steroid dienone is 16. The maximum absolute atomic E-state index is 2.58. The molecule has 34 heavy (non-hydrogen) atoms. The zero-order valence-corrected chi connectivity index (χ0v) is 35.0. The Morgan fingerprint density at radius 1 is 0.471 bits per heavy atom. The van der Waals surface area contributed by atoms with E-state index in [1.807, 2.05) is 13.3 Å². The fourth-order valence-corrected chi connectivity index (χ4v) is 64.4. The summed E-state index contributed by atoms with van der Waals surface area (Å²) in [5.74, 6) is -0.903. The molecule has 0 saturated heterocycles. The van der Waals surface area contributed by atoms with Crippen LogP contribution < -0.4 is 34.0 Å². The molecule has 0 unspecified atom stereocenters. The van der Waals surface area contributed by atoms with Crippen molar-refractivity contribution in [1.29, 1.82) is 0 Å². The van der Waals surface area contributed by atoms with E-state index >= 15 is 0 Å². The molecule has 4 aliphatic carbocycles. The number of halogens is 2. The Balaban J connectivity index is 0.000000321. The topological polar surface area (TPSA) is 0 Å². The molecule has 0 aromatic heterocycles. The summed E-state index contributed by atoms with van der Waals surface area (Å²) in [6.07, 6.45) is 24.1. The molecule has 184 valence electrons. The Kier molecular flexibility index (Phi) is 15.0. The van der Waals surface area contributed by atoms with Crippen LogP contribution in [0.1, 0.15) is 53.4 Å². The Bertz CT molecular complexity index is 840. The van der Waals surface area contributed by atoms with Gasteiger partial charge in [-0.3, -0.25) is 0 Å². The molecule has 0 amide bonds. The van der Waals surface area contributed by atoms with Gasteiger partial charge in [0.25, 0.3) is 0 Å². The van der Waals surface area contributed by atoms with Gasteiger partial charge in [0.15, 0.2) is 0 Å². The van der Waals surface area contributed by atoms with E-state index in [4.69, 9.17) is 0 Å². The van der Waals surface area contributed by atoms with E-state index in [-0.39, 0.29) is 34.0 Å². The largest absolute Gasteiger partial charge is 1.00 e. The molecule has 0 aromatic carbocycles. The average molecular weight is 952 g/mol. The molecule has 0 fully saturated rings. The third kappa shape index (κ3) is 8.02. The van der Waals surface area contributed by atoms with Crippen molar-refractivity contribution in [2.45, 2.75) is 79.6 Å². The van der Waals surface area contributed by atoms with Gasteiger partial charge in [-0.2, -0.15) is 0 Å². The summed E-state index contributed by atoms with van der Waals surface area (Å²) in [6.45, 7) is 19.7. The number of rotatable bonds is 6. The molecule has 4 aliphatic rings. The van der Waals surface area contributed by atoms with Gasteiger partial charge in [-0.25, -0.2) is 0 Å². The predicted molar refractivity (Wildman–Crippen MR) is 144 cm³/mol. The van der Waals surface area contributed by atoms with Crippen molar-refractivity contribution in [1.82, 2.24) is 0 Å². The first kappa shape index (κ1) is 33.1. The Labute approximate surface area is 248 Å². The quantitative estimate of drug-likeness (QED) is 0.359. The summed E-state index contributed by atoms with van der Waals surface area (Å²) >= 11 is -3.16. The van der Waals surface area contributed by atoms with E-state index in [0.717, 1.165) is 0 Å². The molecule has 4 rings (SSSR count). The van der Waals surface area contributed by atoms with Crippen LogP contribution in [0.2, 0.25) is 26.2 Å². The van der Waals surface area contributed by atoms with Crippen molar-refractivity contribution in [3.05, 3.63) is 84.2 Å². The van der Waals surface area contributed by atoms with Crippen molar-refractivity contribution in [2.75, 3.05) is 0 Å². The molecule has 0 radical (unpaired) electrons. The zero-order valence-electron chi connectivity index (χ0n) is 22.4. The maximum atomic E-state index is 2.58. The molecule has 0 aliphatic heterocycles. The van der Waals surface area contributed by atoms with Gasteiger partial charge in [-0.05, 0) is 0 Å². The zero-order chi connectivity index (χ0) is 23.4. The Morgan fingerprint density at radius 2 is 0.676 bits per heavy atom. The Morgan fingerprint density at radius 3 is 0.794 bits per heavy atom. The van der Waals surface area contributed by atoms with Gasteiger partial charge in [0.05, 0.1) is 0 Å². The van der Waals surface area contributed by atoms with Crippen LogP contribution in [0.25, 0.3) is 0 Å². The number of hydrogen-bond acceptors (Lipinski definition) is 0. The summed E-state index contributed by atoms with van der Waals surface area (Å²) in [5.41, 5.74) is 6.48. The summed E-state index contributed by atoms with van der Waals surface area (Å²) in [7, 11) is 0. The molecule has 0 N–H and O–H groups in total. The van der Waals surface area contributed by atoms with Gasteiger partial charge in [0.1, 0.15) is 0 Å². The first-order chi connectivity index (χ1) is 15.2. The third-order valence-electron chi connectivity index (χ3n) is 7.12. The average Bonchev–Trinajstić information content (AvgIpc) is 3.51. The second kappa shape index (κ2) is 15.5. The molecule has 0 heterocycles. The van der Waals surface area contributed by atoms with Gasteiger partial charge < -0.3 is 34.0 Å². The summed E-state index contributed by atoms with van der Waals surface area (Å²) in [6, 6.07) is 0. The van der Waals surface area contributed by atoms with Crippen LogP contribution in [0.15, 0.2) is 84.2 Å². The molecular weight excluding hydrogens is 909 g/mol. The van der Waals surface area contributed by atoms with Crippen LogP contribution in [0.4, 0.5) is 0 Å². The normalized spacial score (nSPS) is 18.4. The monoisotopic (exact) mass is 952 g/mol. The molecule has 0 aromatic rings. The van der Waals surface area contributed by atoms with E-state index < -0.39 is 53.2 Å². The molecule has 0 bridgehead atoms. The second-order valence-corrected chi connectivity index (χ2v) is 63.8. The van der Waals surface area contributed by atoms with Crippen molar-refractivity contribution in [3.63, 3.8) is 0 Å². The van der Waals surface area contributed by atoms with Crippen molar-refractivity contribution in [3.8, 4) is 0 Å². The minimum absolute atomic E-state index is 0. The second-order valence-electron chi connectivity index (χ2n) is 10.2. The van der Waals surface area contributed by atoms with Crippen LogP contribution >= 0.6 is 0 Å². The van der Waals surface area contributed by atoms with Crippen LogP contribution in [0, 0.1) is 0 Å². The van der Waals surface area contributed by atoms with Crippen LogP contribution in [-0.4, -0.2) is 12.0 Å². The standard InChI is InChI=1S/4C6H7.2C2H7Si.2BrH.2Hf/c4*1-6-4-2-3-5-6;2*1-3-2;;;;/h4*2,4H,3H2,1H3;2*3H,1-2H3;2*1H;;/q;;;;;;;;2*+1/p-2. The van der Waals surface area contributed by atoms with Crippen molar-refractivity contribution in [2.24, 2.45) is 0 Å². The molecule has 0 saturated carbocycles. The van der Waals surface area contributed by atoms with Crippen molar-refractivity contribution < 1.29 is 75.2 Å². The van der Waals surface area contributed by atoms with Gasteiger partial charge in [-0.1, -0.05) is 0 Å². The van der Waals surface area contributed by atoms with E-state index in [9.17, 15) is 0 Å². The van der Waals surface area contributed by atoms with E-state index in [2.05, 4.69) is 102 Å². The fraction of sp³-hybridized carbons (Fsp3) is 0.429. The first-order valence-corrected chi connectivity index (χ1v) is 37.8. The van der Waals surface area contributed by atoms with Crippen LogP contribution in [0.3, 0.4) is 0 Å². The number of hydrogen-bond donors (Lipinski definition) is 0. The summed E-state index contributed by atoms with van der Waals surface area (Å²) in [4.78, 5) is 0. The van der Waals surface area contributed by atoms with Gasteiger partial charge in [-0.15, -0.1) is 0 Å². The van der Waals surface area contributed by atoms with Gasteiger partial charge in [0, 0.05) is 0 Å². The first-order valence-electron chi connectivity index (χ1n) is 12.4. The fourth-order valence-electron chi connectivity index (χ4n) is 5.51. The molecular formula is C28H42Br2Hf2Si2. The molecule has 0 nitrogen and oxygen atoms in total.